The molecule has 0 radical (unpaired) electrons. The van der Waals surface area contributed by atoms with Crippen LogP contribution < -0.4 is 21.5 Å². The number of likely N-dealkylation sites (tertiary alicyclic amines) is 1. The minimum absolute atomic E-state index is 0.0529. The number of aromatic nitrogens is 1. The number of rotatable bonds is 7. The van der Waals surface area contributed by atoms with Crippen molar-refractivity contribution in [2.75, 3.05) is 25.5 Å². The highest BCUT2D eigenvalue weighted by atomic mass is 35.5. The molecule has 0 bridgehead atoms. The molecule has 9 nitrogen and oxygen atoms in total. The Morgan fingerprint density at radius 2 is 1.97 bits per heavy atom. The molecule has 1 saturated heterocycles. The Labute approximate surface area is 214 Å². The lowest BCUT2D eigenvalue weighted by atomic mass is 10.1. The lowest BCUT2D eigenvalue weighted by molar-refractivity contribution is -0.126. The summed E-state index contributed by atoms with van der Waals surface area (Å²) in [5, 5.41) is 7.97. The number of likely N-dealkylation sites (N-methyl/N-ethyl adjacent to an activating group) is 1. The van der Waals surface area contributed by atoms with Crippen LogP contribution >= 0.6 is 22.9 Å². The predicted molar refractivity (Wildman–Crippen MR) is 135 cm³/mol. The van der Waals surface area contributed by atoms with E-state index in [1.807, 2.05) is 0 Å². The van der Waals surface area contributed by atoms with Crippen LogP contribution in [0, 0.1) is 5.82 Å². The van der Waals surface area contributed by atoms with E-state index < -0.39 is 17.8 Å². The molecule has 0 unspecified atom stereocenters. The first-order valence-corrected chi connectivity index (χ1v) is 12.2. The van der Waals surface area contributed by atoms with E-state index in [0.29, 0.717) is 21.3 Å². The Bertz CT molecular complexity index is 1360. The van der Waals surface area contributed by atoms with Gasteiger partial charge in [0, 0.05) is 38.0 Å². The third-order valence-electron chi connectivity index (χ3n) is 5.76. The normalized spacial score (nSPS) is 17.5. The Hall–Kier alpha value is -3.54. The first-order chi connectivity index (χ1) is 17.2. The van der Waals surface area contributed by atoms with Gasteiger partial charge in [-0.05, 0) is 36.8 Å². The van der Waals surface area contributed by atoms with Gasteiger partial charge in [0.15, 0.2) is 0 Å². The molecule has 1 fully saturated rings. The summed E-state index contributed by atoms with van der Waals surface area (Å²) in [6.07, 6.45) is 1.83. The summed E-state index contributed by atoms with van der Waals surface area (Å²) < 4.78 is 16.5. The zero-order valence-corrected chi connectivity index (χ0v) is 20.7. The van der Waals surface area contributed by atoms with Crippen LogP contribution in [0.25, 0.3) is 5.69 Å². The molecule has 0 spiro atoms. The Balaban J connectivity index is 1.42. The van der Waals surface area contributed by atoms with Crippen molar-refractivity contribution in [1.82, 2.24) is 20.1 Å². The van der Waals surface area contributed by atoms with Gasteiger partial charge in [-0.2, -0.15) is 0 Å². The molecular formula is C24H23ClFN5O4S. The fraction of sp³-hybridized carbons (Fsp3) is 0.250. The van der Waals surface area contributed by atoms with E-state index in [2.05, 4.69) is 16.0 Å². The van der Waals surface area contributed by atoms with E-state index in [0.717, 1.165) is 17.4 Å². The minimum atomic E-state index is -0.708. The largest absolute Gasteiger partial charge is 0.358 e. The number of hydrogen-bond acceptors (Lipinski definition) is 6. The van der Waals surface area contributed by atoms with E-state index in [4.69, 9.17) is 11.6 Å². The average Bonchev–Trinajstić information content (AvgIpc) is 3.46. The molecule has 3 aromatic rings. The fourth-order valence-electron chi connectivity index (χ4n) is 4.09. The summed E-state index contributed by atoms with van der Waals surface area (Å²) >= 11 is 7.05. The molecule has 4 rings (SSSR count). The Morgan fingerprint density at radius 1 is 1.17 bits per heavy atom. The van der Waals surface area contributed by atoms with Gasteiger partial charge in [0.25, 0.3) is 11.5 Å². The van der Waals surface area contributed by atoms with E-state index in [1.165, 1.54) is 36.0 Å². The maximum absolute atomic E-state index is 14.7. The van der Waals surface area contributed by atoms with E-state index in [1.54, 1.807) is 29.2 Å². The molecule has 3 amide bonds. The SMILES string of the molecule is CNC(=O)[C@@H]1C[C@@H](NC(=O)c2ccc(Cl)s2)CN1CC(=O)Nc1ccc(-n2ccccc2=O)cc1F. The van der Waals surface area contributed by atoms with Crippen LogP contribution in [-0.2, 0) is 9.59 Å². The van der Waals surface area contributed by atoms with Gasteiger partial charge in [0.1, 0.15) is 5.82 Å². The number of carbonyl (C=O) groups is 3. The number of anilines is 1. The second-order valence-corrected chi connectivity index (χ2v) is 9.91. The fourth-order valence-corrected chi connectivity index (χ4v) is 5.03. The van der Waals surface area contributed by atoms with Crippen LogP contribution in [0.1, 0.15) is 16.1 Å². The predicted octanol–water partition coefficient (Wildman–Crippen LogP) is 2.25. The van der Waals surface area contributed by atoms with E-state index in [-0.39, 0.29) is 42.2 Å². The van der Waals surface area contributed by atoms with Crippen LogP contribution in [0.2, 0.25) is 4.34 Å². The zero-order chi connectivity index (χ0) is 25.8. The number of halogens is 2. The molecular weight excluding hydrogens is 509 g/mol. The highest BCUT2D eigenvalue weighted by Gasteiger charge is 2.38. The van der Waals surface area contributed by atoms with Crippen molar-refractivity contribution >= 4 is 46.3 Å². The van der Waals surface area contributed by atoms with Crippen molar-refractivity contribution in [3.63, 3.8) is 0 Å². The van der Waals surface area contributed by atoms with Crippen molar-refractivity contribution in [2.45, 2.75) is 18.5 Å². The number of nitrogens with one attached hydrogen (secondary N) is 3. The number of thiophene rings is 1. The molecule has 1 aromatic carbocycles. The maximum Gasteiger partial charge on any atom is 0.261 e. The van der Waals surface area contributed by atoms with Crippen LogP contribution in [0.3, 0.4) is 0 Å². The van der Waals surface area contributed by atoms with Gasteiger partial charge in [0.05, 0.1) is 33.2 Å². The summed E-state index contributed by atoms with van der Waals surface area (Å²) in [7, 11) is 1.50. The van der Waals surface area contributed by atoms with Crippen LogP contribution in [-0.4, -0.2) is 59.4 Å². The van der Waals surface area contributed by atoms with Crippen LogP contribution in [0.15, 0.2) is 59.5 Å². The third-order valence-corrected chi connectivity index (χ3v) is 6.99. The van der Waals surface area contributed by atoms with Gasteiger partial charge in [-0.1, -0.05) is 17.7 Å². The highest BCUT2D eigenvalue weighted by molar-refractivity contribution is 7.18. The van der Waals surface area contributed by atoms with Crippen LogP contribution in [0.5, 0.6) is 0 Å². The van der Waals surface area contributed by atoms with Gasteiger partial charge in [0.2, 0.25) is 11.8 Å². The molecule has 0 saturated carbocycles. The number of hydrogen-bond donors (Lipinski definition) is 3. The van der Waals surface area contributed by atoms with Gasteiger partial charge in [-0.3, -0.25) is 28.6 Å². The second kappa shape index (κ2) is 11.0. The smallest absolute Gasteiger partial charge is 0.261 e. The topological polar surface area (TPSA) is 113 Å². The summed E-state index contributed by atoms with van der Waals surface area (Å²) in [6, 6.07) is 10.9. The summed E-state index contributed by atoms with van der Waals surface area (Å²) in [5.41, 5.74) is -0.0458. The lowest BCUT2D eigenvalue weighted by Gasteiger charge is -2.22. The zero-order valence-electron chi connectivity index (χ0n) is 19.2. The van der Waals surface area contributed by atoms with Crippen molar-refractivity contribution in [1.29, 1.82) is 0 Å². The first kappa shape index (κ1) is 25.5. The highest BCUT2D eigenvalue weighted by Crippen LogP contribution is 2.23. The molecule has 0 aliphatic carbocycles. The number of nitrogens with zero attached hydrogens (tertiary/aromatic N) is 2. The van der Waals surface area contributed by atoms with E-state index in [9.17, 15) is 23.6 Å². The molecule has 2 aromatic heterocycles. The number of pyridine rings is 1. The number of amides is 3. The molecule has 12 heteroatoms. The lowest BCUT2D eigenvalue weighted by Crippen LogP contribution is -2.45. The maximum atomic E-state index is 14.7. The third kappa shape index (κ3) is 5.81. The second-order valence-electron chi connectivity index (χ2n) is 8.19. The molecule has 2 atom stereocenters. The monoisotopic (exact) mass is 531 g/mol. The molecule has 188 valence electrons. The molecule has 3 heterocycles. The average molecular weight is 532 g/mol. The molecule has 3 N–H and O–H groups in total. The number of carbonyl (C=O) groups excluding carboxylic acids is 3. The first-order valence-electron chi connectivity index (χ1n) is 11.0. The number of benzene rings is 1. The van der Waals surface area contributed by atoms with Gasteiger partial charge >= 0.3 is 0 Å². The summed E-state index contributed by atoms with van der Waals surface area (Å²) in [6.45, 7) is 0.0727. The minimum Gasteiger partial charge on any atom is -0.358 e. The Morgan fingerprint density at radius 3 is 2.64 bits per heavy atom. The van der Waals surface area contributed by atoms with Gasteiger partial charge in [-0.15, -0.1) is 11.3 Å². The molecule has 1 aliphatic heterocycles. The quantitative estimate of drug-likeness (QED) is 0.433. The Kier molecular flexibility index (Phi) is 7.82. The summed E-state index contributed by atoms with van der Waals surface area (Å²) in [5.74, 6) is -1.83. The van der Waals surface area contributed by atoms with Gasteiger partial charge in [-0.25, -0.2) is 4.39 Å². The van der Waals surface area contributed by atoms with Crippen molar-refractivity contribution < 1.29 is 18.8 Å². The van der Waals surface area contributed by atoms with Crippen LogP contribution in [0.4, 0.5) is 10.1 Å². The van der Waals surface area contributed by atoms with Crippen molar-refractivity contribution in [3.8, 4) is 5.69 Å². The van der Waals surface area contributed by atoms with Gasteiger partial charge < -0.3 is 16.0 Å². The van der Waals surface area contributed by atoms with E-state index >= 15 is 0 Å². The molecule has 36 heavy (non-hydrogen) atoms. The standard InChI is InChI=1S/C24H23ClFN5O4S/c1-27-23(34)18-10-14(28-24(35)19-7-8-20(25)36-19)12-30(18)13-21(32)29-17-6-5-15(11-16(17)26)31-9-3-2-4-22(31)33/h2-9,11,14,18H,10,12-13H2,1H3,(H,27,34)(H,28,35)(H,29,32)/t14-,18+/m1/s1. The summed E-state index contributed by atoms with van der Waals surface area (Å²) in [4.78, 5) is 51.7. The molecule has 1 aliphatic rings. The van der Waals surface area contributed by atoms with Crippen molar-refractivity contribution in [2.24, 2.45) is 0 Å². The van der Waals surface area contributed by atoms with Crippen molar-refractivity contribution in [3.05, 3.63) is 80.1 Å².